The minimum atomic E-state index is 0.260. The van der Waals surface area contributed by atoms with Crippen LogP contribution >= 0.6 is 0 Å². The maximum absolute atomic E-state index is 9.48. The maximum atomic E-state index is 9.48. The van der Waals surface area contributed by atoms with Gasteiger partial charge >= 0.3 is 0 Å². The molecule has 1 aromatic carbocycles. The molecule has 3 nitrogen and oxygen atoms in total. The molecular formula is C12H16N2O. The second-order valence-corrected chi connectivity index (χ2v) is 4.70. The molecule has 0 radical (unpaired) electrons. The van der Waals surface area contributed by atoms with Crippen molar-refractivity contribution in [3.05, 3.63) is 23.8 Å². The van der Waals surface area contributed by atoms with Crippen LogP contribution in [0.1, 0.15) is 12.0 Å². The predicted molar refractivity (Wildman–Crippen MR) is 60.4 cm³/mol. The lowest BCUT2D eigenvalue weighted by molar-refractivity contribution is 0.463. The number of nitrogens with one attached hydrogen (secondary N) is 1. The molecule has 2 aliphatic rings. The second kappa shape index (κ2) is 2.89. The highest BCUT2D eigenvalue weighted by Gasteiger charge is 2.43. The minimum absolute atomic E-state index is 0.260. The number of hydrogen-bond acceptors (Lipinski definition) is 3. The molecule has 1 saturated heterocycles. The largest absolute Gasteiger partial charge is 0.508 e. The summed E-state index contributed by atoms with van der Waals surface area (Å²) in [6, 6.07) is 5.70. The van der Waals surface area contributed by atoms with Gasteiger partial charge in [-0.2, -0.15) is 0 Å². The van der Waals surface area contributed by atoms with Crippen molar-refractivity contribution in [3.8, 4) is 5.75 Å². The molecule has 1 spiro atoms. The summed E-state index contributed by atoms with van der Waals surface area (Å²) < 4.78 is 0. The third-order valence-electron chi connectivity index (χ3n) is 3.88. The molecule has 15 heavy (non-hydrogen) atoms. The Hall–Kier alpha value is -1.22. The van der Waals surface area contributed by atoms with Gasteiger partial charge in [0.05, 0.1) is 5.54 Å². The molecule has 3 heteroatoms. The van der Waals surface area contributed by atoms with Crippen molar-refractivity contribution >= 4 is 5.69 Å². The number of phenols is 1. The highest BCUT2D eigenvalue weighted by Crippen LogP contribution is 2.41. The maximum Gasteiger partial charge on any atom is 0.116 e. The topological polar surface area (TPSA) is 35.5 Å². The molecule has 0 saturated carbocycles. The van der Waals surface area contributed by atoms with Crippen molar-refractivity contribution in [2.45, 2.75) is 18.4 Å². The van der Waals surface area contributed by atoms with E-state index < -0.39 is 0 Å². The lowest BCUT2D eigenvalue weighted by atomic mass is 9.93. The summed E-state index contributed by atoms with van der Waals surface area (Å²) in [5.41, 5.74) is 2.81. The number of fused-ring (bicyclic) bond motifs is 1. The van der Waals surface area contributed by atoms with Gasteiger partial charge in [-0.25, -0.2) is 0 Å². The third-order valence-corrected chi connectivity index (χ3v) is 3.88. The Morgan fingerprint density at radius 1 is 1.47 bits per heavy atom. The third kappa shape index (κ3) is 1.16. The Morgan fingerprint density at radius 3 is 3.07 bits per heavy atom. The molecule has 1 fully saturated rings. The average molecular weight is 204 g/mol. The van der Waals surface area contributed by atoms with Gasteiger partial charge in [0.2, 0.25) is 0 Å². The van der Waals surface area contributed by atoms with Gasteiger partial charge in [0.15, 0.2) is 0 Å². The number of rotatable bonds is 0. The molecule has 80 valence electrons. The molecule has 0 bridgehead atoms. The van der Waals surface area contributed by atoms with Crippen molar-refractivity contribution in [2.75, 3.05) is 25.0 Å². The lowest BCUT2D eigenvalue weighted by Gasteiger charge is -2.33. The van der Waals surface area contributed by atoms with Crippen LogP contribution in [-0.2, 0) is 6.42 Å². The number of phenolic OH excluding ortho intramolecular Hbond substituents is 1. The highest BCUT2D eigenvalue weighted by atomic mass is 16.3. The lowest BCUT2D eigenvalue weighted by Crippen LogP contribution is -2.46. The summed E-state index contributed by atoms with van der Waals surface area (Å²) in [5.74, 6) is 0.380. The predicted octanol–water partition coefficient (Wildman–Crippen LogP) is 1.12. The quantitative estimate of drug-likeness (QED) is 0.664. The average Bonchev–Trinajstić information content (AvgIpc) is 2.76. The van der Waals surface area contributed by atoms with E-state index >= 15 is 0 Å². The van der Waals surface area contributed by atoms with E-state index in [1.807, 2.05) is 12.1 Å². The number of likely N-dealkylation sites (N-methyl/N-ethyl adjacent to an activating group) is 1. The van der Waals surface area contributed by atoms with Crippen molar-refractivity contribution in [3.63, 3.8) is 0 Å². The normalized spacial score (nSPS) is 28.7. The standard InChI is InChI=1S/C12H16N2O/c1-14-11-3-2-10(15)6-9(11)7-12(14)4-5-13-8-12/h2-3,6,13,15H,4-5,7-8H2,1H3. The fraction of sp³-hybridized carbons (Fsp3) is 0.500. The number of hydrogen-bond donors (Lipinski definition) is 2. The molecule has 2 N–H and O–H groups in total. The van der Waals surface area contributed by atoms with Crippen LogP contribution in [0.5, 0.6) is 5.75 Å². The summed E-state index contributed by atoms with van der Waals surface area (Å²) in [4.78, 5) is 2.38. The molecule has 0 aliphatic carbocycles. The number of aromatic hydroxyl groups is 1. The van der Waals surface area contributed by atoms with Crippen molar-refractivity contribution in [2.24, 2.45) is 0 Å². The monoisotopic (exact) mass is 204 g/mol. The van der Waals surface area contributed by atoms with E-state index in [4.69, 9.17) is 0 Å². The Labute approximate surface area is 89.7 Å². The van der Waals surface area contributed by atoms with Crippen LogP contribution in [0.15, 0.2) is 18.2 Å². The van der Waals surface area contributed by atoms with Crippen molar-refractivity contribution in [1.29, 1.82) is 0 Å². The fourth-order valence-corrected chi connectivity index (χ4v) is 2.94. The van der Waals surface area contributed by atoms with Crippen LogP contribution in [0.3, 0.4) is 0 Å². The summed E-state index contributed by atoms with van der Waals surface area (Å²) in [7, 11) is 2.16. The van der Waals surface area contributed by atoms with Gasteiger partial charge in [0.25, 0.3) is 0 Å². The first-order chi connectivity index (χ1) is 7.21. The van der Waals surface area contributed by atoms with Gasteiger partial charge in [0.1, 0.15) is 5.75 Å². The zero-order chi connectivity index (χ0) is 10.5. The molecule has 0 aromatic heterocycles. The minimum Gasteiger partial charge on any atom is -0.508 e. The summed E-state index contributed by atoms with van der Waals surface area (Å²) >= 11 is 0. The Balaban J connectivity index is 2.04. The number of benzene rings is 1. The van der Waals surface area contributed by atoms with E-state index in [0.29, 0.717) is 5.75 Å². The van der Waals surface area contributed by atoms with Crippen LogP contribution in [0, 0.1) is 0 Å². The fourth-order valence-electron chi connectivity index (χ4n) is 2.94. The molecule has 0 amide bonds. The van der Waals surface area contributed by atoms with Gasteiger partial charge in [-0.05, 0) is 43.1 Å². The van der Waals surface area contributed by atoms with Gasteiger partial charge < -0.3 is 15.3 Å². The van der Waals surface area contributed by atoms with E-state index in [1.165, 1.54) is 17.7 Å². The molecule has 2 heterocycles. The second-order valence-electron chi connectivity index (χ2n) is 4.70. The van der Waals surface area contributed by atoms with Gasteiger partial charge in [0, 0.05) is 19.3 Å². The molecule has 2 aliphatic heterocycles. The molecule has 1 atom stereocenters. The highest BCUT2D eigenvalue weighted by molar-refractivity contribution is 5.63. The number of anilines is 1. The molecular weight excluding hydrogens is 188 g/mol. The van der Waals surface area contributed by atoms with E-state index in [9.17, 15) is 5.11 Å². The molecule has 3 rings (SSSR count). The van der Waals surface area contributed by atoms with E-state index in [2.05, 4.69) is 17.3 Å². The molecule has 1 aromatic rings. The van der Waals surface area contributed by atoms with Crippen LogP contribution in [0.25, 0.3) is 0 Å². The zero-order valence-electron chi connectivity index (χ0n) is 8.95. The van der Waals surface area contributed by atoms with Crippen LogP contribution in [-0.4, -0.2) is 30.8 Å². The first kappa shape index (κ1) is 9.04. The zero-order valence-corrected chi connectivity index (χ0v) is 8.95. The van der Waals surface area contributed by atoms with E-state index in [-0.39, 0.29) is 5.54 Å². The summed E-state index contributed by atoms with van der Waals surface area (Å²) in [6.07, 6.45) is 2.25. The van der Waals surface area contributed by atoms with Crippen LogP contribution in [0.4, 0.5) is 5.69 Å². The Kier molecular flexibility index (Phi) is 1.74. The van der Waals surface area contributed by atoms with E-state index in [1.54, 1.807) is 6.07 Å². The van der Waals surface area contributed by atoms with Crippen molar-refractivity contribution < 1.29 is 5.11 Å². The van der Waals surface area contributed by atoms with Crippen LogP contribution < -0.4 is 10.2 Å². The first-order valence-corrected chi connectivity index (χ1v) is 5.48. The summed E-state index contributed by atoms with van der Waals surface area (Å²) in [5, 5.41) is 12.9. The summed E-state index contributed by atoms with van der Waals surface area (Å²) in [6.45, 7) is 2.16. The SMILES string of the molecule is CN1c2ccc(O)cc2CC12CCNC2. The Bertz CT molecular complexity index is 397. The smallest absolute Gasteiger partial charge is 0.116 e. The van der Waals surface area contributed by atoms with Crippen LogP contribution in [0.2, 0.25) is 0 Å². The molecule has 1 unspecified atom stereocenters. The van der Waals surface area contributed by atoms with Gasteiger partial charge in [-0.15, -0.1) is 0 Å². The van der Waals surface area contributed by atoms with E-state index in [0.717, 1.165) is 19.5 Å². The first-order valence-electron chi connectivity index (χ1n) is 5.48. The van der Waals surface area contributed by atoms with Gasteiger partial charge in [-0.1, -0.05) is 0 Å². The number of nitrogens with zero attached hydrogens (tertiary/aromatic N) is 1. The van der Waals surface area contributed by atoms with Gasteiger partial charge in [-0.3, -0.25) is 0 Å². The van der Waals surface area contributed by atoms with Crippen molar-refractivity contribution in [1.82, 2.24) is 5.32 Å². The Morgan fingerprint density at radius 2 is 2.33 bits per heavy atom.